The topological polar surface area (TPSA) is 25.8 Å². The Bertz CT molecular complexity index is 2310. The molecule has 2 saturated carbocycles. The van der Waals surface area contributed by atoms with E-state index in [9.17, 15) is 0 Å². The van der Waals surface area contributed by atoms with E-state index in [-0.39, 0.29) is 0 Å². The largest absolute Gasteiger partial charge is 0.245 e. The minimum atomic E-state index is 0.566. The third-order valence-corrected chi connectivity index (χ3v) is 12.8. The van der Waals surface area contributed by atoms with Gasteiger partial charge in [-0.25, -0.2) is 9.97 Å². The monoisotopic (exact) mass is 704 g/mol. The Labute approximate surface area is 321 Å². The molecule has 0 bridgehead atoms. The van der Waals surface area contributed by atoms with Crippen LogP contribution in [0, 0.1) is 27.7 Å². The molecule has 2 heteroatoms. The molecule has 0 spiro atoms. The number of hydrogen-bond donors (Lipinski definition) is 0. The Balaban J connectivity index is 1.39. The molecule has 0 amide bonds. The highest BCUT2D eigenvalue weighted by atomic mass is 14.8. The first kappa shape index (κ1) is 34.7. The minimum Gasteiger partial charge on any atom is -0.245 e. The summed E-state index contributed by atoms with van der Waals surface area (Å²) in [5, 5.41) is 2.30. The highest BCUT2D eigenvalue weighted by Crippen LogP contribution is 2.46. The van der Waals surface area contributed by atoms with Gasteiger partial charge >= 0.3 is 0 Å². The van der Waals surface area contributed by atoms with Gasteiger partial charge in [0.2, 0.25) is 0 Å². The van der Waals surface area contributed by atoms with Gasteiger partial charge in [-0.2, -0.15) is 0 Å². The van der Waals surface area contributed by atoms with Crippen LogP contribution in [-0.4, -0.2) is 9.97 Å². The molecular formula is C52H52N2. The summed E-state index contributed by atoms with van der Waals surface area (Å²) in [6.07, 6.45) is 12.9. The van der Waals surface area contributed by atoms with Gasteiger partial charge in [0, 0.05) is 21.9 Å². The summed E-state index contributed by atoms with van der Waals surface area (Å²) in [7, 11) is 0. The number of aryl methyl sites for hydroxylation is 4. The number of aromatic nitrogens is 2. The predicted molar refractivity (Wildman–Crippen MR) is 229 cm³/mol. The lowest BCUT2D eigenvalue weighted by atomic mass is 9.78. The number of nitrogens with zero attached hydrogens (tertiary/aromatic N) is 2. The first-order valence-electron chi connectivity index (χ1n) is 20.6. The summed E-state index contributed by atoms with van der Waals surface area (Å²) in [5.41, 5.74) is 20.0. The normalized spacial score (nSPS) is 15.6. The van der Waals surface area contributed by atoms with E-state index in [0.29, 0.717) is 11.8 Å². The van der Waals surface area contributed by atoms with Crippen LogP contribution in [0.15, 0.2) is 109 Å². The van der Waals surface area contributed by atoms with E-state index in [0.717, 1.165) is 33.2 Å². The first-order valence-corrected chi connectivity index (χ1v) is 20.6. The first-order chi connectivity index (χ1) is 26.5. The van der Waals surface area contributed by atoms with Gasteiger partial charge in [0.15, 0.2) is 0 Å². The second-order valence-electron chi connectivity index (χ2n) is 16.3. The van der Waals surface area contributed by atoms with Crippen molar-refractivity contribution in [2.24, 2.45) is 0 Å². The fraction of sp³-hybridized carbons (Fsp3) is 0.308. The molecule has 0 atom stereocenters. The fourth-order valence-electron chi connectivity index (χ4n) is 10.1. The molecule has 0 N–H and O–H groups in total. The molecule has 270 valence electrons. The van der Waals surface area contributed by atoms with Crippen molar-refractivity contribution in [2.45, 2.75) is 104 Å². The maximum absolute atomic E-state index is 5.78. The molecule has 2 aromatic heterocycles. The molecular weight excluding hydrogens is 653 g/mol. The molecule has 5 aromatic carbocycles. The van der Waals surface area contributed by atoms with Crippen molar-refractivity contribution in [3.8, 4) is 44.8 Å². The van der Waals surface area contributed by atoms with Crippen LogP contribution in [0.25, 0.3) is 66.6 Å². The molecule has 2 aliphatic carbocycles. The van der Waals surface area contributed by atoms with Gasteiger partial charge in [-0.05, 0) is 133 Å². The summed E-state index contributed by atoms with van der Waals surface area (Å²) < 4.78 is 0. The molecule has 2 fully saturated rings. The van der Waals surface area contributed by atoms with Crippen LogP contribution >= 0.6 is 0 Å². The van der Waals surface area contributed by atoms with E-state index in [4.69, 9.17) is 9.97 Å². The average Bonchev–Trinajstić information content (AvgIpc) is 3.22. The standard InChI is InChI=1S/C52H52N2/c1-33-25-27-35(3)49(47(33)39-21-13-7-14-22-39)45-31-43(37-17-9-5-10-18-37)41-29-30-42-44(38-19-11-6-12-20-38)32-46(54-52(42)51(41)53-45)50-36(4)28-26-34(2)48(50)40-23-15-8-16-24-40/h5-6,9-12,17-20,25-32,39-40H,7-8,13-16,21-24H2,1-4H3. The van der Waals surface area contributed by atoms with Crippen molar-refractivity contribution in [3.05, 3.63) is 143 Å². The zero-order chi connectivity index (χ0) is 36.8. The lowest BCUT2D eigenvalue weighted by Gasteiger charge is -2.28. The van der Waals surface area contributed by atoms with Crippen LogP contribution in [0.3, 0.4) is 0 Å². The summed E-state index contributed by atoms with van der Waals surface area (Å²) in [5.74, 6) is 1.13. The van der Waals surface area contributed by atoms with Gasteiger partial charge in [0.1, 0.15) is 0 Å². The van der Waals surface area contributed by atoms with Crippen molar-refractivity contribution >= 4 is 21.8 Å². The number of fused-ring (bicyclic) bond motifs is 3. The van der Waals surface area contributed by atoms with Crippen molar-refractivity contribution in [2.75, 3.05) is 0 Å². The van der Waals surface area contributed by atoms with E-state index in [2.05, 4.69) is 137 Å². The molecule has 2 nitrogen and oxygen atoms in total. The van der Waals surface area contributed by atoms with Crippen molar-refractivity contribution < 1.29 is 0 Å². The average molecular weight is 705 g/mol. The quantitative estimate of drug-likeness (QED) is 0.161. The Kier molecular flexibility index (Phi) is 9.39. The number of pyridine rings is 2. The van der Waals surface area contributed by atoms with Gasteiger partial charge in [-0.3, -0.25) is 0 Å². The van der Waals surface area contributed by atoms with Gasteiger partial charge < -0.3 is 0 Å². The lowest BCUT2D eigenvalue weighted by molar-refractivity contribution is 0.443. The van der Waals surface area contributed by atoms with E-state index >= 15 is 0 Å². The maximum Gasteiger partial charge on any atom is 0.0978 e. The second-order valence-corrected chi connectivity index (χ2v) is 16.3. The van der Waals surface area contributed by atoms with Crippen LogP contribution < -0.4 is 0 Å². The van der Waals surface area contributed by atoms with Crippen LogP contribution in [0.1, 0.15) is 109 Å². The molecule has 9 rings (SSSR count). The van der Waals surface area contributed by atoms with E-state index in [1.807, 2.05) is 0 Å². The number of hydrogen-bond acceptors (Lipinski definition) is 2. The number of benzene rings is 5. The Morgan fingerprint density at radius 3 is 1.17 bits per heavy atom. The summed E-state index contributed by atoms with van der Waals surface area (Å²) in [4.78, 5) is 11.6. The fourth-order valence-corrected chi connectivity index (χ4v) is 10.1. The highest BCUT2D eigenvalue weighted by Gasteiger charge is 2.27. The zero-order valence-corrected chi connectivity index (χ0v) is 32.5. The van der Waals surface area contributed by atoms with E-state index in [1.165, 1.54) is 131 Å². The molecule has 54 heavy (non-hydrogen) atoms. The van der Waals surface area contributed by atoms with E-state index in [1.54, 1.807) is 0 Å². The SMILES string of the molecule is Cc1ccc(C)c(C2CCCCC2)c1-c1cc(-c2ccccc2)c2ccc3c(-c4ccccc4)cc(-c4c(C)ccc(C)c4C4CCCCC4)nc3c2n1. The van der Waals surface area contributed by atoms with Crippen LogP contribution in [0.2, 0.25) is 0 Å². The van der Waals surface area contributed by atoms with Gasteiger partial charge in [-0.1, -0.05) is 136 Å². The highest BCUT2D eigenvalue weighted by molar-refractivity contribution is 6.13. The molecule has 7 aromatic rings. The Morgan fingerprint density at radius 2 is 0.778 bits per heavy atom. The minimum absolute atomic E-state index is 0.566. The van der Waals surface area contributed by atoms with Crippen LogP contribution in [-0.2, 0) is 0 Å². The predicted octanol–water partition coefficient (Wildman–Crippen LogP) is 14.8. The van der Waals surface area contributed by atoms with E-state index < -0.39 is 0 Å². The third-order valence-electron chi connectivity index (χ3n) is 12.8. The molecule has 0 unspecified atom stereocenters. The third kappa shape index (κ3) is 6.24. The molecule has 0 aliphatic heterocycles. The van der Waals surface area contributed by atoms with Gasteiger partial charge in [0.05, 0.1) is 22.4 Å². The van der Waals surface area contributed by atoms with Crippen molar-refractivity contribution in [1.82, 2.24) is 9.97 Å². The van der Waals surface area contributed by atoms with Crippen LogP contribution in [0.4, 0.5) is 0 Å². The van der Waals surface area contributed by atoms with Gasteiger partial charge in [0.25, 0.3) is 0 Å². The summed E-state index contributed by atoms with van der Waals surface area (Å²) in [6, 6.07) is 40.5. The van der Waals surface area contributed by atoms with Gasteiger partial charge in [-0.15, -0.1) is 0 Å². The molecule has 0 saturated heterocycles. The molecule has 0 radical (unpaired) electrons. The Morgan fingerprint density at radius 1 is 0.407 bits per heavy atom. The van der Waals surface area contributed by atoms with Crippen LogP contribution in [0.5, 0.6) is 0 Å². The Hall–Kier alpha value is -5.08. The summed E-state index contributed by atoms with van der Waals surface area (Å²) in [6.45, 7) is 9.20. The molecule has 2 aliphatic rings. The molecule has 2 heterocycles. The maximum atomic E-state index is 5.78. The lowest BCUT2D eigenvalue weighted by Crippen LogP contribution is -2.10. The zero-order valence-electron chi connectivity index (χ0n) is 32.5. The summed E-state index contributed by atoms with van der Waals surface area (Å²) >= 11 is 0. The van der Waals surface area contributed by atoms with Crippen molar-refractivity contribution in [3.63, 3.8) is 0 Å². The number of rotatable bonds is 6. The smallest absolute Gasteiger partial charge is 0.0978 e. The second kappa shape index (κ2) is 14.6. The van der Waals surface area contributed by atoms with Crippen molar-refractivity contribution in [1.29, 1.82) is 0 Å².